The molecule has 1 aromatic rings. The predicted octanol–water partition coefficient (Wildman–Crippen LogP) is 1.71. The Morgan fingerprint density at radius 2 is 2.00 bits per heavy atom. The number of carbonyl (C=O) groups excluding carboxylic acids is 1. The van der Waals surface area contributed by atoms with Crippen LogP contribution >= 0.6 is 0 Å². The fourth-order valence-corrected chi connectivity index (χ4v) is 1.27. The molecule has 0 aliphatic rings. The average Bonchev–Trinajstić information content (AvgIpc) is 2.14. The molecule has 0 bridgehead atoms. The van der Waals surface area contributed by atoms with Crippen molar-refractivity contribution in [2.75, 3.05) is 5.73 Å². The summed E-state index contributed by atoms with van der Waals surface area (Å²) in [4.78, 5) is 21.7. The molecule has 92 valence electrons. The second-order valence-corrected chi connectivity index (χ2v) is 4.73. The molecule has 1 rings (SSSR count). The smallest absolute Gasteiger partial charge is 0.292 e. The van der Waals surface area contributed by atoms with E-state index in [0.29, 0.717) is 5.56 Å². The molecule has 17 heavy (non-hydrogen) atoms. The number of nitrogens with zero attached hydrogens (tertiary/aromatic N) is 1. The number of hydrogen-bond donors (Lipinski definition) is 2. The zero-order valence-electron chi connectivity index (χ0n) is 9.98. The summed E-state index contributed by atoms with van der Waals surface area (Å²) in [5.41, 5.74) is 5.23. The number of nitrogen functional groups attached to an aromatic ring is 1. The van der Waals surface area contributed by atoms with Gasteiger partial charge in [-0.05, 0) is 32.9 Å². The van der Waals surface area contributed by atoms with E-state index in [1.165, 1.54) is 18.2 Å². The molecule has 6 nitrogen and oxygen atoms in total. The van der Waals surface area contributed by atoms with Gasteiger partial charge in [0, 0.05) is 17.2 Å². The number of nitrogens with two attached hydrogens (primary N) is 1. The second-order valence-electron chi connectivity index (χ2n) is 4.73. The van der Waals surface area contributed by atoms with Gasteiger partial charge >= 0.3 is 0 Å². The van der Waals surface area contributed by atoms with E-state index in [4.69, 9.17) is 5.73 Å². The molecule has 0 saturated heterocycles. The van der Waals surface area contributed by atoms with E-state index in [0.717, 1.165) is 0 Å². The highest BCUT2D eigenvalue weighted by atomic mass is 16.6. The van der Waals surface area contributed by atoms with Crippen molar-refractivity contribution in [1.82, 2.24) is 5.32 Å². The van der Waals surface area contributed by atoms with E-state index in [2.05, 4.69) is 5.32 Å². The van der Waals surface area contributed by atoms with Gasteiger partial charge in [0.15, 0.2) is 0 Å². The van der Waals surface area contributed by atoms with Crippen LogP contribution < -0.4 is 11.1 Å². The Hall–Kier alpha value is -2.11. The standard InChI is InChI=1S/C11H15N3O3/c1-11(2,3)13-10(15)7-4-5-9(14(16)17)8(12)6-7/h4-6H,12H2,1-3H3,(H,13,15). The zero-order valence-corrected chi connectivity index (χ0v) is 9.98. The van der Waals surface area contributed by atoms with E-state index in [1.54, 1.807) is 0 Å². The topological polar surface area (TPSA) is 98.3 Å². The van der Waals surface area contributed by atoms with Crippen molar-refractivity contribution in [2.24, 2.45) is 0 Å². The van der Waals surface area contributed by atoms with Crippen LogP contribution in [0, 0.1) is 10.1 Å². The third-order valence-electron chi connectivity index (χ3n) is 1.97. The number of nitrogens with one attached hydrogen (secondary N) is 1. The Morgan fingerprint density at radius 1 is 1.41 bits per heavy atom. The molecule has 1 amide bonds. The number of nitro benzene ring substituents is 1. The van der Waals surface area contributed by atoms with Gasteiger partial charge in [-0.1, -0.05) is 0 Å². The number of rotatable bonds is 2. The van der Waals surface area contributed by atoms with Gasteiger partial charge in [-0.2, -0.15) is 0 Å². The number of nitro groups is 1. The summed E-state index contributed by atoms with van der Waals surface area (Å²) >= 11 is 0. The number of anilines is 1. The van der Waals surface area contributed by atoms with Gasteiger partial charge in [0.1, 0.15) is 5.69 Å². The van der Waals surface area contributed by atoms with Gasteiger partial charge in [0.05, 0.1) is 4.92 Å². The Balaban J connectivity index is 2.98. The number of benzene rings is 1. The fourth-order valence-electron chi connectivity index (χ4n) is 1.27. The van der Waals surface area contributed by atoms with E-state index < -0.39 is 4.92 Å². The summed E-state index contributed by atoms with van der Waals surface area (Å²) in [6.07, 6.45) is 0. The monoisotopic (exact) mass is 237 g/mol. The summed E-state index contributed by atoms with van der Waals surface area (Å²) in [6.45, 7) is 5.54. The first kappa shape index (κ1) is 13.0. The maximum Gasteiger partial charge on any atom is 0.292 e. The van der Waals surface area contributed by atoms with Gasteiger partial charge in [0.2, 0.25) is 0 Å². The first-order valence-electron chi connectivity index (χ1n) is 5.07. The Kier molecular flexibility index (Phi) is 3.36. The molecule has 6 heteroatoms. The fraction of sp³-hybridized carbons (Fsp3) is 0.364. The quantitative estimate of drug-likeness (QED) is 0.464. The second kappa shape index (κ2) is 4.40. The summed E-state index contributed by atoms with van der Waals surface area (Å²) < 4.78 is 0. The first-order valence-corrected chi connectivity index (χ1v) is 5.07. The molecule has 0 atom stereocenters. The van der Waals surface area contributed by atoms with Crippen molar-refractivity contribution in [1.29, 1.82) is 0 Å². The minimum absolute atomic E-state index is 0.0171. The lowest BCUT2D eigenvalue weighted by molar-refractivity contribution is -0.383. The van der Waals surface area contributed by atoms with Crippen LogP contribution in [0.25, 0.3) is 0 Å². The third-order valence-corrected chi connectivity index (χ3v) is 1.97. The number of hydrogen-bond acceptors (Lipinski definition) is 4. The highest BCUT2D eigenvalue weighted by molar-refractivity contribution is 5.96. The summed E-state index contributed by atoms with van der Waals surface area (Å²) in [5, 5.41) is 13.3. The zero-order chi connectivity index (χ0) is 13.2. The van der Waals surface area contributed by atoms with Crippen molar-refractivity contribution in [2.45, 2.75) is 26.3 Å². The molecule has 3 N–H and O–H groups in total. The normalized spacial score (nSPS) is 11.0. The van der Waals surface area contributed by atoms with E-state index in [-0.39, 0.29) is 22.8 Å². The lowest BCUT2D eigenvalue weighted by atomic mass is 10.1. The highest BCUT2D eigenvalue weighted by Gasteiger charge is 2.18. The largest absolute Gasteiger partial charge is 0.393 e. The lowest BCUT2D eigenvalue weighted by Crippen LogP contribution is -2.40. The van der Waals surface area contributed by atoms with Gasteiger partial charge in [-0.25, -0.2) is 0 Å². The van der Waals surface area contributed by atoms with Gasteiger partial charge in [-0.3, -0.25) is 14.9 Å². The maximum atomic E-state index is 11.8. The van der Waals surface area contributed by atoms with Crippen molar-refractivity contribution >= 4 is 17.3 Å². The van der Waals surface area contributed by atoms with Crippen molar-refractivity contribution in [3.05, 3.63) is 33.9 Å². The van der Waals surface area contributed by atoms with Crippen LogP contribution in [0.15, 0.2) is 18.2 Å². The van der Waals surface area contributed by atoms with Gasteiger partial charge in [-0.15, -0.1) is 0 Å². The van der Waals surface area contributed by atoms with Crippen LogP contribution in [-0.4, -0.2) is 16.4 Å². The first-order chi connectivity index (χ1) is 7.70. The van der Waals surface area contributed by atoms with Crippen LogP contribution in [0.4, 0.5) is 11.4 Å². The van der Waals surface area contributed by atoms with Crippen molar-refractivity contribution in [3.8, 4) is 0 Å². The van der Waals surface area contributed by atoms with Gasteiger partial charge < -0.3 is 11.1 Å². The number of carbonyl (C=O) groups is 1. The van der Waals surface area contributed by atoms with Crippen LogP contribution in [-0.2, 0) is 0 Å². The molecule has 0 aliphatic carbocycles. The van der Waals surface area contributed by atoms with Crippen LogP contribution in [0.1, 0.15) is 31.1 Å². The minimum atomic E-state index is -0.583. The molecule has 0 spiro atoms. The molecule has 0 radical (unpaired) electrons. The molecule has 0 saturated carbocycles. The van der Waals surface area contributed by atoms with Crippen LogP contribution in [0.3, 0.4) is 0 Å². The average molecular weight is 237 g/mol. The number of amides is 1. The van der Waals surface area contributed by atoms with E-state index >= 15 is 0 Å². The van der Waals surface area contributed by atoms with Crippen LogP contribution in [0.2, 0.25) is 0 Å². The highest BCUT2D eigenvalue weighted by Crippen LogP contribution is 2.22. The summed E-state index contributed by atoms with van der Waals surface area (Å²) in [5.74, 6) is -0.306. The summed E-state index contributed by atoms with van der Waals surface area (Å²) in [6, 6.07) is 3.92. The molecule has 0 aromatic heterocycles. The molecule has 0 unspecified atom stereocenters. The maximum absolute atomic E-state index is 11.8. The molecular formula is C11H15N3O3. The van der Waals surface area contributed by atoms with Crippen LogP contribution in [0.5, 0.6) is 0 Å². The molecule has 1 aromatic carbocycles. The molecule has 0 fully saturated rings. The molecular weight excluding hydrogens is 222 g/mol. The van der Waals surface area contributed by atoms with Crippen molar-refractivity contribution < 1.29 is 9.72 Å². The Morgan fingerprint density at radius 3 is 2.41 bits per heavy atom. The lowest BCUT2D eigenvalue weighted by Gasteiger charge is -2.20. The summed E-state index contributed by atoms with van der Waals surface area (Å²) in [7, 11) is 0. The Labute approximate surface area is 99.0 Å². The van der Waals surface area contributed by atoms with E-state index in [1.807, 2.05) is 20.8 Å². The predicted molar refractivity (Wildman–Crippen MR) is 64.7 cm³/mol. The molecule has 0 heterocycles. The van der Waals surface area contributed by atoms with Gasteiger partial charge in [0.25, 0.3) is 11.6 Å². The molecule has 0 aliphatic heterocycles. The SMILES string of the molecule is CC(C)(C)NC(=O)c1ccc([N+](=O)[O-])c(N)c1. The Bertz CT molecular complexity index is 464. The minimum Gasteiger partial charge on any atom is -0.393 e. The van der Waals surface area contributed by atoms with E-state index in [9.17, 15) is 14.9 Å². The third kappa shape index (κ3) is 3.44. The van der Waals surface area contributed by atoms with Crippen molar-refractivity contribution in [3.63, 3.8) is 0 Å².